The van der Waals surface area contributed by atoms with Gasteiger partial charge in [0.1, 0.15) is 6.07 Å². The minimum Gasteiger partial charge on any atom is -0.399 e. The number of fused-ring (bicyclic) bond motifs is 1. The maximum absolute atomic E-state index is 9.03. The number of aromatic nitrogens is 1. The van der Waals surface area contributed by atoms with Crippen LogP contribution in [0.1, 0.15) is 30.5 Å². The van der Waals surface area contributed by atoms with Crippen molar-refractivity contribution in [1.29, 1.82) is 5.26 Å². The Morgan fingerprint density at radius 2 is 2.00 bits per heavy atom. The summed E-state index contributed by atoms with van der Waals surface area (Å²) in [6.45, 7) is 2.14. The third-order valence-corrected chi connectivity index (χ3v) is 3.87. The molecule has 0 fully saturated rings. The number of pyridine rings is 1. The van der Waals surface area contributed by atoms with Gasteiger partial charge in [0, 0.05) is 17.3 Å². The zero-order chi connectivity index (χ0) is 16.2. The lowest BCUT2D eigenvalue weighted by Gasteiger charge is -2.20. The molecule has 114 valence electrons. The molecule has 0 amide bonds. The van der Waals surface area contributed by atoms with Gasteiger partial charge in [0.15, 0.2) is 0 Å². The van der Waals surface area contributed by atoms with E-state index in [9.17, 15) is 0 Å². The van der Waals surface area contributed by atoms with Gasteiger partial charge in [-0.1, -0.05) is 37.3 Å². The highest BCUT2D eigenvalue weighted by molar-refractivity contribution is 5.94. The molecule has 0 aliphatic rings. The van der Waals surface area contributed by atoms with Crippen molar-refractivity contribution in [1.82, 2.24) is 4.98 Å². The fourth-order valence-corrected chi connectivity index (χ4v) is 2.74. The van der Waals surface area contributed by atoms with Crippen molar-refractivity contribution in [2.75, 3.05) is 11.1 Å². The van der Waals surface area contributed by atoms with Gasteiger partial charge in [-0.15, -0.1) is 0 Å². The molecule has 1 heterocycles. The zero-order valence-electron chi connectivity index (χ0n) is 13.0. The first kappa shape index (κ1) is 14.9. The topological polar surface area (TPSA) is 74.7 Å². The van der Waals surface area contributed by atoms with Crippen LogP contribution >= 0.6 is 0 Å². The van der Waals surface area contributed by atoms with Gasteiger partial charge in [-0.2, -0.15) is 5.26 Å². The first-order chi connectivity index (χ1) is 11.2. The van der Waals surface area contributed by atoms with Gasteiger partial charge in [-0.25, -0.2) is 0 Å². The summed E-state index contributed by atoms with van der Waals surface area (Å²) < 4.78 is 0. The maximum Gasteiger partial charge on any atom is 0.101 e. The number of nitrogen functional groups attached to an aromatic ring is 1. The highest BCUT2D eigenvalue weighted by Crippen LogP contribution is 2.30. The van der Waals surface area contributed by atoms with Crippen LogP contribution < -0.4 is 11.1 Å². The SMILES string of the molecule is CCC(Nc1cc(N)cc2cc(C#N)cnc12)c1ccccc1. The number of hydrogen-bond acceptors (Lipinski definition) is 4. The molecule has 1 atom stereocenters. The Morgan fingerprint density at radius 1 is 1.22 bits per heavy atom. The molecule has 0 radical (unpaired) electrons. The Labute approximate surface area is 135 Å². The van der Waals surface area contributed by atoms with Crippen molar-refractivity contribution in [3.63, 3.8) is 0 Å². The van der Waals surface area contributed by atoms with E-state index in [0.717, 1.165) is 23.0 Å². The van der Waals surface area contributed by atoms with Crippen LogP contribution in [0.5, 0.6) is 0 Å². The number of nitrogens with zero attached hydrogens (tertiary/aromatic N) is 2. The normalized spacial score (nSPS) is 11.8. The van der Waals surface area contributed by atoms with Crippen molar-refractivity contribution in [2.45, 2.75) is 19.4 Å². The minimum atomic E-state index is 0.179. The Bertz CT molecular complexity index is 866. The van der Waals surface area contributed by atoms with Gasteiger partial charge in [0.2, 0.25) is 0 Å². The van der Waals surface area contributed by atoms with Crippen LogP contribution in [0.3, 0.4) is 0 Å². The molecule has 4 nitrogen and oxygen atoms in total. The van der Waals surface area contributed by atoms with Gasteiger partial charge < -0.3 is 11.1 Å². The van der Waals surface area contributed by atoms with E-state index in [1.165, 1.54) is 5.56 Å². The smallest absolute Gasteiger partial charge is 0.101 e. The summed E-state index contributed by atoms with van der Waals surface area (Å²) in [7, 11) is 0. The number of nitrogens with one attached hydrogen (secondary N) is 1. The number of nitriles is 1. The summed E-state index contributed by atoms with van der Waals surface area (Å²) in [4.78, 5) is 4.43. The van der Waals surface area contributed by atoms with E-state index < -0.39 is 0 Å². The molecule has 0 saturated heterocycles. The zero-order valence-corrected chi connectivity index (χ0v) is 13.0. The fraction of sp³-hybridized carbons (Fsp3) is 0.158. The maximum atomic E-state index is 9.03. The molecule has 0 spiro atoms. The number of benzene rings is 2. The van der Waals surface area contributed by atoms with Crippen molar-refractivity contribution < 1.29 is 0 Å². The Hall–Kier alpha value is -3.06. The molecule has 3 N–H and O–H groups in total. The van der Waals surface area contributed by atoms with Crippen LogP contribution in [0.2, 0.25) is 0 Å². The molecule has 0 bridgehead atoms. The third-order valence-electron chi connectivity index (χ3n) is 3.87. The highest BCUT2D eigenvalue weighted by Gasteiger charge is 2.12. The van der Waals surface area contributed by atoms with E-state index in [4.69, 9.17) is 11.0 Å². The van der Waals surface area contributed by atoms with Gasteiger partial charge in [-0.3, -0.25) is 4.98 Å². The monoisotopic (exact) mass is 302 g/mol. The molecular formula is C19H18N4. The predicted octanol–water partition coefficient (Wildman–Crippen LogP) is 4.25. The highest BCUT2D eigenvalue weighted by atomic mass is 14.9. The van der Waals surface area contributed by atoms with Crippen molar-refractivity contribution in [2.24, 2.45) is 0 Å². The lowest BCUT2D eigenvalue weighted by molar-refractivity contribution is 0.750. The second kappa shape index (κ2) is 6.37. The molecule has 0 aliphatic heterocycles. The second-order valence-electron chi connectivity index (χ2n) is 5.49. The van der Waals surface area contributed by atoms with Crippen LogP contribution in [0.25, 0.3) is 10.9 Å². The van der Waals surface area contributed by atoms with Gasteiger partial charge in [0.25, 0.3) is 0 Å². The summed E-state index contributed by atoms with van der Waals surface area (Å²) >= 11 is 0. The number of rotatable bonds is 4. The largest absolute Gasteiger partial charge is 0.399 e. The van der Waals surface area contributed by atoms with Gasteiger partial charge >= 0.3 is 0 Å². The van der Waals surface area contributed by atoms with E-state index in [1.54, 1.807) is 6.20 Å². The lowest BCUT2D eigenvalue weighted by atomic mass is 10.0. The number of anilines is 2. The molecule has 0 saturated carbocycles. The van der Waals surface area contributed by atoms with E-state index >= 15 is 0 Å². The fourth-order valence-electron chi connectivity index (χ4n) is 2.74. The Kier molecular flexibility index (Phi) is 4.11. The van der Waals surface area contributed by atoms with Crippen molar-refractivity contribution in [3.8, 4) is 6.07 Å². The summed E-state index contributed by atoms with van der Waals surface area (Å²) in [6, 6.07) is 18.1. The first-order valence-corrected chi connectivity index (χ1v) is 7.62. The molecular weight excluding hydrogens is 284 g/mol. The van der Waals surface area contributed by atoms with E-state index in [0.29, 0.717) is 11.3 Å². The van der Waals surface area contributed by atoms with Gasteiger partial charge in [0.05, 0.1) is 22.8 Å². The van der Waals surface area contributed by atoms with E-state index in [1.807, 2.05) is 36.4 Å². The molecule has 2 aromatic carbocycles. The Morgan fingerprint density at radius 3 is 2.70 bits per heavy atom. The third kappa shape index (κ3) is 3.09. The molecule has 0 aliphatic carbocycles. The van der Waals surface area contributed by atoms with Crippen LogP contribution in [0, 0.1) is 11.3 Å². The molecule has 23 heavy (non-hydrogen) atoms. The summed E-state index contributed by atoms with van der Waals surface area (Å²) in [5.41, 5.74) is 10.1. The summed E-state index contributed by atoms with van der Waals surface area (Å²) in [6.07, 6.45) is 2.53. The summed E-state index contributed by atoms with van der Waals surface area (Å²) in [5, 5.41) is 13.4. The molecule has 4 heteroatoms. The molecule has 3 rings (SSSR count). The van der Waals surface area contributed by atoms with Crippen LogP contribution in [-0.4, -0.2) is 4.98 Å². The number of nitrogens with two attached hydrogens (primary N) is 1. The summed E-state index contributed by atoms with van der Waals surface area (Å²) in [5.74, 6) is 0. The van der Waals surface area contributed by atoms with Crippen molar-refractivity contribution in [3.05, 3.63) is 65.9 Å². The predicted molar refractivity (Wildman–Crippen MR) is 94.0 cm³/mol. The molecule has 1 aromatic heterocycles. The van der Waals surface area contributed by atoms with Crippen LogP contribution in [0.15, 0.2) is 54.7 Å². The second-order valence-corrected chi connectivity index (χ2v) is 5.49. The Balaban J connectivity index is 2.04. The van der Waals surface area contributed by atoms with Crippen LogP contribution in [0.4, 0.5) is 11.4 Å². The lowest BCUT2D eigenvalue weighted by Crippen LogP contribution is -2.10. The van der Waals surface area contributed by atoms with Gasteiger partial charge in [-0.05, 0) is 30.2 Å². The minimum absolute atomic E-state index is 0.179. The van der Waals surface area contributed by atoms with E-state index in [-0.39, 0.29) is 6.04 Å². The first-order valence-electron chi connectivity index (χ1n) is 7.62. The van der Waals surface area contributed by atoms with Crippen molar-refractivity contribution >= 4 is 22.3 Å². The van der Waals surface area contributed by atoms with Crippen LogP contribution in [-0.2, 0) is 0 Å². The number of hydrogen-bond donors (Lipinski definition) is 2. The quantitative estimate of drug-likeness (QED) is 0.706. The average molecular weight is 302 g/mol. The standard InChI is InChI=1S/C19H18N4/c1-2-17(14-6-4-3-5-7-14)23-18-10-16(21)9-15-8-13(11-20)12-22-19(15)18/h3-10,12,17,23H,2,21H2,1H3. The van der Waals surface area contributed by atoms with E-state index in [2.05, 4.69) is 35.4 Å². The molecule has 3 aromatic rings. The average Bonchev–Trinajstić information content (AvgIpc) is 2.59. The molecule has 1 unspecified atom stereocenters.